The number of thiol groups is 1. The van der Waals surface area contributed by atoms with E-state index >= 15 is 0 Å². The zero-order chi connectivity index (χ0) is 12.2. The van der Waals surface area contributed by atoms with Crippen LogP contribution in [0.15, 0.2) is 0 Å². The molecular formula is C13H27NS2. The molecule has 96 valence electrons. The Hall–Kier alpha value is 0.110. The van der Waals surface area contributed by atoms with Gasteiger partial charge >= 0.3 is 0 Å². The highest BCUT2D eigenvalue weighted by molar-refractivity contribution is 8.21. The van der Waals surface area contributed by atoms with Crippen molar-refractivity contribution >= 4 is 33.3 Å². The molecule has 0 aromatic heterocycles. The highest BCUT2D eigenvalue weighted by Gasteiger charge is 2.05. The van der Waals surface area contributed by atoms with Crippen LogP contribution in [0.1, 0.15) is 59.3 Å². The number of rotatable bonds is 8. The van der Waals surface area contributed by atoms with Crippen molar-refractivity contribution in [3.8, 4) is 0 Å². The number of unbranched alkanes of at least 4 members (excludes halogenated alkanes) is 4. The summed E-state index contributed by atoms with van der Waals surface area (Å²) in [4.78, 5) is 2.40. The summed E-state index contributed by atoms with van der Waals surface area (Å²) >= 11 is 6.66. The molecule has 0 aromatic rings. The average Bonchev–Trinajstić information content (AvgIpc) is 2.28. The SMILES string of the molecule is CC=[SH]C(=S)N(CCCCC)CCCCC. The highest BCUT2D eigenvalue weighted by atomic mass is 32.2. The van der Waals surface area contributed by atoms with Gasteiger partial charge in [-0.05, 0) is 19.8 Å². The normalized spacial score (nSPS) is 11.4. The number of hydrogen-bond donors (Lipinski definition) is 1. The maximum absolute atomic E-state index is 5.46. The molecule has 3 heteroatoms. The van der Waals surface area contributed by atoms with Crippen molar-refractivity contribution in [2.45, 2.75) is 59.3 Å². The van der Waals surface area contributed by atoms with E-state index in [1.165, 1.54) is 49.9 Å². The van der Waals surface area contributed by atoms with Gasteiger partial charge in [0.15, 0.2) is 0 Å². The zero-order valence-corrected chi connectivity index (χ0v) is 12.7. The van der Waals surface area contributed by atoms with Crippen molar-refractivity contribution in [1.29, 1.82) is 0 Å². The quantitative estimate of drug-likeness (QED) is 0.395. The molecule has 0 amide bonds. The Balaban J connectivity index is 3.99. The first-order valence-electron chi connectivity index (χ1n) is 6.53. The van der Waals surface area contributed by atoms with E-state index in [2.05, 4.69) is 31.0 Å². The molecule has 0 radical (unpaired) electrons. The van der Waals surface area contributed by atoms with Crippen LogP contribution < -0.4 is 0 Å². The van der Waals surface area contributed by atoms with E-state index in [1.807, 2.05) is 0 Å². The molecule has 0 aromatic carbocycles. The van der Waals surface area contributed by atoms with Crippen molar-refractivity contribution in [3.05, 3.63) is 0 Å². The highest BCUT2D eigenvalue weighted by Crippen LogP contribution is 2.07. The number of hydrogen-bond acceptors (Lipinski definition) is 1. The van der Waals surface area contributed by atoms with Crippen molar-refractivity contribution in [3.63, 3.8) is 0 Å². The fraction of sp³-hybridized carbons (Fsp3) is 0.846. The fourth-order valence-corrected chi connectivity index (χ4v) is 2.68. The van der Waals surface area contributed by atoms with Gasteiger partial charge in [-0.3, -0.25) is 0 Å². The summed E-state index contributed by atoms with van der Waals surface area (Å²) in [6.07, 6.45) is 7.77. The van der Waals surface area contributed by atoms with Gasteiger partial charge in [0.25, 0.3) is 0 Å². The molecule has 0 fully saturated rings. The van der Waals surface area contributed by atoms with Crippen molar-refractivity contribution < 1.29 is 0 Å². The van der Waals surface area contributed by atoms with Crippen LogP contribution >= 0.6 is 23.6 Å². The molecule has 0 unspecified atom stereocenters. The Morgan fingerprint density at radius 2 is 1.56 bits per heavy atom. The van der Waals surface area contributed by atoms with Crippen LogP contribution in [0.2, 0.25) is 0 Å². The molecule has 0 saturated carbocycles. The lowest BCUT2D eigenvalue weighted by molar-refractivity contribution is 0.402. The molecule has 0 N–H and O–H groups in total. The zero-order valence-electron chi connectivity index (χ0n) is 11.0. The van der Waals surface area contributed by atoms with E-state index in [-0.39, 0.29) is 0 Å². The molecule has 0 rings (SSSR count). The van der Waals surface area contributed by atoms with E-state index in [0.717, 1.165) is 17.4 Å². The van der Waals surface area contributed by atoms with Crippen molar-refractivity contribution in [2.75, 3.05) is 13.1 Å². The third kappa shape index (κ3) is 8.28. The van der Waals surface area contributed by atoms with Gasteiger partial charge in [-0.25, -0.2) is 0 Å². The maximum atomic E-state index is 5.46. The molecule has 0 spiro atoms. The van der Waals surface area contributed by atoms with Crippen molar-refractivity contribution in [2.24, 2.45) is 0 Å². The molecule has 0 aliphatic carbocycles. The van der Waals surface area contributed by atoms with Gasteiger partial charge in [0.05, 0.1) is 0 Å². The van der Waals surface area contributed by atoms with Gasteiger partial charge in [0.1, 0.15) is 4.32 Å². The molecule has 1 nitrogen and oxygen atoms in total. The van der Waals surface area contributed by atoms with Gasteiger partial charge in [-0.2, -0.15) is 0 Å². The Kier molecular flexibility index (Phi) is 11.7. The van der Waals surface area contributed by atoms with Crippen LogP contribution in [-0.4, -0.2) is 27.7 Å². The van der Waals surface area contributed by atoms with Crippen molar-refractivity contribution in [1.82, 2.24) is 4.90 Å². The Labute approximate surface area is 111 Å². The predicted octanol–water partition coefficient (Wildman–Crippen LogP) is 4.24. The lowest BCUT2D eigenvalue weighted by Crippen LogP contribution is -2.29. The smallest absolute Gasteiger partial charge is 0.127 e. The standard InChI is InChI=1S/C13H27NS2/c1-4-7-9-11-14(12-10-8-5-2)13(15)16-6-3/h6,16H,4-5,7-12H2,1-3H3. The summed E-state index contributed by atoms with van der Waals surface area (Å²) in [7, 11) is 0. The summed E-state index contributed by atoms with van der Waals surface area (Å²) in [5.41, 5.74) is 0. The minimum atomic E-state index is 1.11. The predicted molar refractivity (Wildman–Crippen MR) is 83.9 cm³/mol. The van der Waals surface area contributed by atoms with Gasteiger partial charge < -0.3 is 4.90 Å². The second-order valence-electron chi connectivity index (χ2n) is 4.07. The molecule has 16 heavy (non-hydrogen) atoms. The van der Waals surface area contributed by atoms with E-state index < -0.39 is 0 Å². The lowest BCUT2D eigenvalue weighted by atomic mass is 10.2. The molecule has 0 atom stereocenters. The average molecular weight is 261 g/mol. The molecule has 0 saturated heterocycles. The number of nitrogens with zero attached hydrogens (tertiary/aromatic N) is 1. The monoisotopic (exact) mass is 261 g/mol. The van der Waals surface area contributed by atoms with E-state index in [9.17, 15) is 0 Å². The van der Waals surface area contributed by atoms with Gasteiger partial charge in [-0.1, -0.05) is 57.1 Å². The summed E-state index contributed by atoms with van der Waals surface area (Å²) in [5.74, 6) is 0. The summed E-state index contributed by atoms with van der Waals surface area (Å²) in [6, 6.07) is 0. The minimum absolute atomic E-state index is 1.11. The van der Waals surface area contributed by atoms with Crippen LogP contribution in [0.5, 0.6) is 0 Å². The third-order valence-electron chi connectivity index (χ3n) is 2.57. The molecular weight excluding hydrogens is 234 g/mol. The third-order valence-corrected chi connectivity index (χ3v) is 3.91. The van der Waals surface area contributed by atoms with Crippen LogP contribution in [-0.2, 0) is 0 Å². The largest absolute Gasteiger partial charge is 0.358 e. The van der Waals surface area contributed by atoms with Gasteiger partial charge in [0.2, 0.25) is 0 Å². The number of thiocarbonyl (C=S) groups is 1. The summed E-state index contributed by atoms with van der Waals surface area (Å²) in [5, 5.41) is 2.13. The Morgan fingerprint density at radius 3 is 1.94 bits per heavy atom. The first-order chi connectivity index (χ1) is 7.76. The van der Waals surface area contributed by atoms with Crippen LogP contribution in [0, 0.1) is 0 Å². The molecule has 0 aliphatic rings. The van der Waals surface area contributed by atoms with Crippen LogP contribution in [0.3, 0.4) is 0 Å². The van der Waals surface area contributed by atoms with E-state index in [4.69, 9.17) is 12.2 Å². The van der Waals surface area contributed by atoms with Crippen LogP contribution in [0.4, 0.5) is 0 Å². The molecule has 0 bridgehead atoms. The minimum Gasteiger partial charge on any atom is -0.358 e. The second kappa shape index (κ2) is 11.6. The topological polar surface area (TPSA) is 3.24 Å². The second-order valence-corrected chi connectivity index (χ2v) is 5.96. The maximum Gasteiger partial charge on any atom is 0.127 e. The molecule has 0 heterocycles. The fourth-order valence-electron chi connectivity index (χ4n) is 1.60. The van der Waals surface area contributed by atoms with Gasteiger partial charge in [-0.15, -0.1) is 11.4 Å². The molecule has 0 aliphatic heterocycles. The van der Waals surface area contributed by atoms with Gasteiger partial charge in [0, 0.05) is 13.1 Å². The lowest BCUT2D eigenvalue weighted by Gasteiger charge is -2.23. The Morgan fingerprint density at radius 1 is 1.06 bits per heavy atom. The first-order valence-corrected chi connectivity index (χ1v) is 7.91. The summed E-state index contributed by atoms with van der Waals surface area (Å²) in [6.45, 7) is 8.87. The summed E-state index contributed by atoms with van der Waals surface area (Å²) < 4.78 is 1.11. The van der Waals surface area contributed by atoms with E-state index in [0.29, 0.717) is 0 Å². The van der Waals surface area contributed by atoms with E-state index in [1.54, 1.807) is 0 Å². The first kappa shape index (κ1) is 16.1. The van der Waals surface area contributed by atoms with Crippen LogP contribution in [0.25, 0.3) is 0 Å². The Bertz CT molecular complexity index is 192.